The molecule has 3 rings (SSSR count). The van der Waals surface area contributed by atoms with Crippen molar-refractivity contribution in [2.75, 3.05) is 6.54 Å². The summed E-state index contributed by atoms with van der Waals surface area (Å²) in [5.41, 5.74) is 7.78. The molecule has 4 nitrogen and oxygen atoms in total. The van der Waals surface area contributed by atoms with Crippen molar-refractivity contribution >= 4 is 17.2 Å². The summed E-state index contributed by atoms with van der Waals surface area (Å²) in [6.45, 7) is 1.80. The zero-order valence-corrected chi connectivity index (χ0v) is 14.6. The van der Waals surface area contributed by atoms with Crippen LogP contribution in [0, 0.1) is 0 Å². The Kier molecular flexibility index (Phi) is 5.82. The van der Waals surface area contributed by atoms with E-state index in [1.165, 1.54) is 22.5 Å². The lowest BCUT2D eigenvalue weighted by molar-refractivity contribution is 0.100. The zero-order chi connectivity index (χ0) is 17.5. The molecule has 128 valence electrons. The van der Waals surface area contributed by atoms with Crippen molar-refractivity contribution in [3.63, 3.8) is 0 Å². The van der Waals surface area contributed by atoms with E-state index in [2.05, 4.69) is 41.7 Å². The van der Waals surface area contributed by atoms with Crippen molar-refractivity contribution < 1.29 is 9.53 Å². The molecular formula is C20H20N2O2S. The number of primary amides is 1. The highest BCUT2D eigenvalue weighted by atomic mass is 32.1. The van der Waals surface area contributed by atoms with E-state index in [1.54, 1.807) is 12.1 Å². The van der Waals surface area contributed by atoms with Gasteiger partial charge in [-0.15, -0.1) is 0 Å². The summed E-state index contributed by atoms with van der Waals surface area (Å²) in [5, 5.41) is 4.10. The van der Waals surface area contributed by atoms with E-state index in [1.807, 2.05) is 18.2 Å². The number of carbonyl (C=O) groups excluding carboxylic acids is 1. The van der Waals surface area contributed by atoms with Crippen LogP contribution < -0.4 is 15.8 Å². The Morgan fingerprint density at radius 2 is 1.72 bits per heavy atom. The standard InChI is InChI=1S/C20H20N2O2S/c21-20(23)18-10-11-19(25-18)24-17-8-6-15(7-9-17)12-13-22-14-16-4-2-1-3-5-16/h1-11,22H,12-14H2,(H2,21,23). The van der Waals surface area contributed by atoms with Crippen LogP contribution in [-0.4, -0.2) is 12.5 Å². The predicted molar refractivity (Wildman–Crippen MR) is 101 cm³/mol. The first-order valence-corrected chi connectivity index (χ1v) is 8.93. The smallest absolute Gasteiger partial charge is 0.258 e. The van der Waals surface area contributed by atoms with E-state index < -0.39 is 5.91 Å². The lowest BCUT2D eigenvalue weighted by atomic mass is 10.1. The summed E-state index contributed by atoms with van der Waals surface area (Å²) in [4.78, 5) is 11.6. The molecule has 0 bridgehead atoms. The van der Waals surface area contributed by atoms with E-state index in [-0.39, 0.29) is 0 Å². The van der Waals surface area contributed by atoms with Crippen LogP contribution in [0.15, 0.2) is 66.7 Å². The Labute approximate surface area is 151 Å². The van der Waals surface area contributed by atoms with Gasteiger partial charge < -0.3 is 15.8 Å². The molecule has 0 saturated heterocycles. The molecule has 1 amide bonds. The average Bonchev–Trinajstić information content (AvgIpc) is 3.10. The lowest BCUT2D eigenvalue weighted by Gasteiger charge is -2.07. The molecule has 25 heavy (non-hydrogen) atoms. The summed E-state index contributed by atoms with van der Waals surface area (Å²) in [6.07, 6.45) is 0.956. The normalized spacial score (nSPS) is 10.6. The molecule has 1 heterocycles. The largest absolute Gasteiger partial charge is 0.447 e. The monoisotopic (exact) mass is 352 g/mol. The Hall–Kier alpha value is -2.63. The highest BCUT2D eigenvalue weighted by molar-refractivity contribution is 7.15. The van der Waals surface area contributed by atoms with Gasteiger partial charge in [0.2, 0.25) is 0 Å². The molecular weight excluding hydrogens is 332 g/mol. The quantitative estimate of drug-likeness (QED) is 0.603. The summed E-state index contributed by atoms with van der Waals surface area (Å²) in [7, 11) is 0. The minimum atomic E-state index is -0.432. The number of hydrogen-bond donors (Lipinski definition) is 2. The van der Waals surface area contributed by atoms with Gasteiger partial charge in [0.25, 0.3) is 5.91 Å². The van der Waals surface area contributed by atoms with Crippen molar-refractivity contribution in [1.29, 1.82) is 0 Å². The maximum atomic E-state index is 11.1. The molecule has 0 atom stereocenters. The highest BCUT2D eigenvalue weighted by Crippen LogP contribution is 2.29. The molecule has 0 fully saturated rings. The number of amides is 1. The second kappa shape index (κ2) is 8.46. The third-order valence-electron chi connectivity index (χ3n) is 3.73. The maximum absolute atomic E-state index is 11.1. The van der Waals surface area contributed by atoms with Gasteiger partial charge in [-0.25, -0.2) is 0 Å². The van der Waals surface area contributed by atoms with E-state index in [4.69, 9.17) is 10.5 Å². The van der Waals surface area contributed by atoms with Crippen molar-refractivity contribution in [2.45, 2.75) is 13.0 Å². The minimum absolute atomic E-state index is 0.432. The molecule has 0 aliphatic rings. The maximum Gasteiger partial charge on any atom is 0.258 e. The van der Waals surface area contributed by atoms with Gasteiger partial charge in [-0.1, -0.05) is 53.8 Å². The van der Waals surface area contributed by atoms with Crippen LogP contribution in [0.2, 0.25) is 0 Å². The van der Waals surface area contributed by atoms with Crippen molar-refractivity contribution in [1.82, 2.24) is 5.32 Å². The molecule has 5 heteroatoms. The lowest BCUT2D eigenvalue weighted by Crippen LogP contribution is -2.16. The summed E-state index contributed by atoms with van der Waals surface area (Å²) < 4.78 is 5.74. The summed E-state index contributed by atoms with van der Waals surface area (Å²) in [5.74, 6) is 0.317. The molecule has 0 aliphatic heterocycles. The number of ether oxygens (including phenoxy) is 1. The number of thiophene rings is 1. The van der Waals surface area contributed by atoms with Gasteiger partial charge in [0.1, 0.15) is 5.75 Å². The van der Waals surface area contributed by atoms with Gasteiger partial charge in [-0.2, -0.15) is 0 Å². The van der Waals surface area contributed by atoms with Crippen LogP contribution in [0.25, 0.3) is 0 Å². The minimum Gasteiger partial charge on any atom is -0.447 e. The fourth-order valence-electron chi connectivity index (χ4n) is 2.41. The third-order valence-corrected chi connectivity index (χ3v) is 4.71. The molecule has 0 spiro atoms. The first kappa shape index (κ1) is 17.2. The number of nitrogens with two attached hydrogens (primary N) is 1. The van der Waals surface area contributed by atoms with Gasteiger partial charge in [-0.05, 0) is 48.4 Å². The van der Waals surface area contributed by atoms with Crippen LogP contribution in [0.1, 0.15) is 20.8 Å². The topological polar surface area (TPSA) is 64.4 Å². The predicted octanol–water partition coefficient (Wildman–Crippen LogP) is 3.97. The Bertz CT molecular complexity index is 813. The van der Waals surface area contributed by atoms with Crippen molar-refractivity contribution in [3.05, 3.63) is 82.7 Å². The van der Waals surface area contributed by atoms with Gasteiger partial charge in [0, 0.05) is 6.54 Å². The molecule has 3 aromatic rings. The molecule has 0 unspecified atom stereocenters. The molecule has 2 aromatic carbocycles. The third kappa shape index (κ3) is 5.17. The molecule has 0 saturated carbocycles. The summed E-state index contributed by atoms with van der Waals surface area (Å²) >= 11 is 1.25. The van der Waals surface area contributed by atoms with Crippen LogP contribution in [-0.2, 0) is 13.0 Å². The van der Waals surface area contributed by atoms with Gasteiger partial charge in [-0.3, -0.25) is 4.79 Å². The van der Waals surface area contributed by atoms with Crippen LogP contribution >= 0.6 is 11.3 Å². The Morgan fingerprint density at radius 1 is 0.960 bits per heavy atom. The number of nitrogens with one attached hydrogen (secondary N) is 1. The number of benzene rings is 2. The van der Waals surface area contributed by atoms with Crippen LogP contribution in [0.4, 0.5) is 0 Å². The van der Waals surface area contributed by atoms with Crippen molar-refractivity contribution in [2.24, 2.45) is 5.73 Å². The van der Waals surface area contributed by atoms with Gasteiger partial charge >= 0.3 is 0 Å². The first-order valence-electron chi connectivity index (χ1n) is 8.12. The molecule has 3 N–H and O–H groups in total. The van der Waals surface area contributed by atoms with E-state index in [0.29, 0.717) is 9.94 Å². The Morgan fingerprint density at radius 3 is 2.40 bits per heavy atom. The highest BCUT2D eigenvalue weighted by Gasteiger charge is 2.06. The second-order valence-electron chi connectivity index (χ2n) is 5.64. The molecule has 0 radical (unpaired) electrons. The SMILES string of the molecule is NC(=O)c1ccc(Oc2ccc(CCNCc3ccccc3)cc2)s1. The molecule has 0 aliphatic carbocycles. The Balaban J connectivity index is 1.46. The molecule has 1 aromatic heterocycles. The second-order valence-corrected chi connectivity index (χ2v) is 6.69. The fraction of sp³-hybridized carbons (Fsp3) is 0.150. The van der Waals surface area contributed by atoms with E-state index in [9.17, 15) is 4.79 Å². The number of carbonyl (C=O) groups is 1. The fourth-order valence-corrected chi connectivity index (χ4v) is 3.14. The average molecular weight is 352 g/mol. The van der Waals surface area contributed by atoms with E-state index >= 15 is 0 Å². The first-order chi connectivity index (χ1) is 12.2. The summed E-state index contributed by atoms with van der Waals surface area (Å²) in [6, 6.07) is 21.8. The van der Waals surface area contributed by atoms with Gasteiger partial charge in [0.05, 0.1) is 4.88 Å². The van der Waals surface area contributed by atoms with Crippen molar-refractivity contribution in [3.8, 4) is 10.8 Å². The zero-order valence-electron chi connectivity index (χ0n) is 13.8. The van der Waals surface area contributed by atoms with Gasteiger partial charge in [0.15, 0.2) is 5.06 Å². The van der Waals surface area contributed by atoms with E-state index in [0.717, 1.165) is 25.3 Å². The van der Waals surface area contributed by atoms with Crippen LogP contribution in [0.3, 0.4) is 0 Å². The van der Waals surface area contributed by atoms with Crippen LogP contribution in [0.5, 0.6) is 10.8 Å². The number of hydrogen-bond acceptors (Lipinski definition) is 4. The number of rotatable bonds is 8.